The van der Waals surface area contributed by atoms with E-state index in [0.29, 0.717) is 18.6 Å². The summed E-state index contributed by atoms with van der Waals surface area (Å²) in [6.07, 6.45) is 6.48. The van der Waals surface area contributed by atoms with Crippen molar-refractivity contribution in [2.45, 2.75) is 51.7 Å². The van der Waals surface area contributed by atoms with Crippen molar-refractivity contribution in [3.63, 3.8) is 0 Å². The van der Waals surface area contributed by atoms with Gasteiger partial charge >= 0.3 is 0 Å². The second kappa shape index (κ2) is 6.80. The lowest BCUT2D eigenvalue weighted by Crippen LogP contribution is -2.30. The van der Waals surface area contributed by atoms with Crippen LogP contribution in [0.4, 0.5) is 0 Å². The van der Waals surface area contributed by atoms with Crippen LogP contribution in [-0.2, 0) is 6.54 Å². The van der Waals surface area contributed by atoms with E-state index >= 15 is 0 Å². The summed E-state index contributed by atoms with van der Waals surface area (Å²) >= 11 is 0. The maximum Gasteiger partial charge on any atom is 0.166 e. The lowest BCUT2D eigenvalue weighted by Gasteiger charge is -2.32. The van der Waals surface area contributed by atoms with Crippen molar-refractivity contribution in [1.29, 1.82) is 0 Å². The van der Waals surface area contributed by atoms with Crippen molar-refractivity contribution in [1.82, 2.24) is 0 Å². The van der Waals surface area contributed by atoms with Crippen molar-refractivity contribution in [3.05, 3.63) is 23.8 Å². The quantitative estimate of drug-likeness (QED) is 0.884. The summed E-state index contributed by atoms with van der Waals surface area (Å²) in [7, 11) is 1.68. The molecule has 3 heteroatoms. The van der Waals surface area contributed by atoms with Gasteiger partial charge in [-0.25, -0.2) is 0 Å². The van der Waals surface area contributed by atoms with Gasteiger partial charge in [-0.05, 0) is 37.7 Å². The molecule has 0 saturated heterocycles. The summed E-state index contributed by atoms with van der Waals surface area (Å²) in [4.78, 5) is 0. The SMILES string of the molecule is CCC1CCCCC1Oc1c(CN)cccc1OC. The molecule has 0 radical (unpaired) electrons. The van der Waals surface area contributed by atoms with E-state index in [1.54, 1.807) is 7.11 Å². The zero-order valence-electron chi connectivity index (χ0n) is 12.0. The van der Waals surface area contributed by atoms with Crippen LogP contribution in [0.2, 0.25) is 0 Å². The first-order valence-corrected chi connectivity index (χ1v) is 7.32. The number of para-hydroxylation sites is 1. The summed E-state index contributed by atoms with van der Waals surface area (Å²) in [5.74, 6) is 2.30. The van der Waals surface area contributed by atoms with Gasteiger partial charge in [-0.15, -0.1) is 0 Å². The first-order chi connectivity index (χ1) is 9.30. The summed E-state index contributed by atoms with van der Waals surface area (Å²) in [6, 6.07) is 5.92. The van der Waals surface area contributed by atoms with Crippen LogP contribution >= 0.6 is 0 Å². The normalized spacial score (nSPS) is 23.1. The zero-order valence-corrected chi connectivity index (χ0v) is 12.0. The van der Waals surface area contributed by atoms with E-state index in [2.05, 4.69) is 6.92 Å². The Morgan fingerprint density at radius 1 is 1.26 bits per heavy atom. The number of hydrogen-bond donors (Lipinski definition) is 1. The van der Waals surface area contributed by atoms with Crippen LogP contribution in [-0.4, -0.2) is 13.2 Å². The zero-order chi connectivity index (χ0) is 13.7. The van der Waals surface area contributed by atoms with Gasteiger partial charge in [-0.1, -0.05) is 25.5 Å². The third-order valence-corrected chi connectivity index (χ3v) is 4.13. The highest BCUT2D eigenvalue weighted by Crippen LogP contribution is 2.36. The van der Waals surface area contributed by atoms with Crippen molar-refractivity contribution in [2.24, 2.45) is 11.7 Å². The summed E-state index contributed by atoms with van der Waals surface area (Å²) in [6.45, 7) is 2.73. The fourth-order valence-electron chi connectivity index (χ4n) is 2.96. The number of methoxy groups -OCH3 is 1. The Morgan fingerprint density at radius 2 is 2.05 bits per heavy atom. The Labute approximate surface area is 116 Å². The number of rotatable bonds is 5. The molecule has 0 bridgehead atoms. The highest BCUT2D eigenvalue weighted by atomic mass is 16.5. The molecule has 106 valence electrons. The average Bonchev–Trinajstić information content (AvgIpc) is 2.48. The molecule has 0 aromatic heterocycles. The second-order valence-corrected chi connectivity index (χ2v) is 5.26. The monoisotopic (exact) mass is 263 g/mol. The van der Waals surface area contributed by atoms with E-state index in [1.807, 2.05) is 18.2 Å². The molecule has 1 aromatic rings. The van der Waals surface area contributed by atoms with Crippen LogP contribution in [0.5, 0.6) is 11.5 Å². The van der Waals surface area contributed by atoms with Crippen LogP contribution in [0.25, 0.3) is 0 Å². The minimum Gasteiger partial charge on any atom is -0.493 e. The molecular formula is C16H25NO2. The predicted molar refractivity (Wildman–Crippen MR) is 77.6 cm³/mol. The molecular weight excluding hydrogens is 238 g/mol. The van der Waals surface area contributed by atoms with Gasteiger partial charge in [-0.2, -0.15) is 0 Å². The molecule has 2 N–H and O–H groups in total. The van der Waals surface area contributed by atoms with Gasteiger partial charge in [0.05, 0.1) is 7.11 Å². The Kier molecular flexibility index (Phi) is 5.08. The third kappa shape index (κ3) is 3.21. The molecule has 3 nitrogen and oxygen atoms in total. The summed E-state index contributed by atoms with van der Waals surface area (Å²) in [5.41, 5.74) is 6.84. The molecule has 1 fully saturated rings. The van der Waals surface area contributed by atoms with Gasteiger partial charge in [0.2, 0.25) is 0 Å². The van der Waals surface area contributed by atoms with Crippen LogP contribution in [0, 0.1) is 5.92 Å². The number of benzene rings is 1. The Balaban J connectivity index is 2.21. The number of hydrogen-bond acceptors (Lipinski definition) is 3. The highest BCUT2D eigenvalue weighted by Gasteiger charge is 2.26. The third-order valence-electron chi connectivity index (χ3n) is 4.13. The van der Waals surface area contributed by atoms with E-state index in [-0.39, 0.29) is 0 Å². The summed E-state index contributed by atoms with van der Waals surface area (Å²) in [5, 5.41) is 0. The molecule has 1 aliphatic rings. The fraction of sp³-hybridized carbons (Fsp3) is 0.625. The largest absolute Gasteiger partial charge is 0.493 e. The maximum atomic E-state index is 6.30. The standard InChI is InChI=1S/C16H25NO2/c1-3-12-7-4-5-9-14(12)19-16-13(11-17)8-6-10-15(16)18-2/h6,8,10,12,14H,3-5,7,9,11,17H2,1-2H3. The molecule has 0 spiro atoms. The lowest BCUT2D eigenvalue weighted by atomic mass is 9.84. The van der Waals surface area contributed by atoms with Gasteiger partial charge in [-0.3, -0.25) is 0 Å². The Hall–Kier alpha value is -1.22. The highest BCUT2D eigenvalue weighted by molar-refractivity contribution is 5.46. The van der Waals surface area contributed by atoms with Gasteiger partial charge in [0.15, 0.2) is 11.5 Å². The maximum absolute atomic E-state index is 6.30. The van der Waals surface area contributed by atoms with E-state index in [9.17, 15) is 0 Å². The van der Waals surface area contributed by atoms with Gasteiger partial charge in [0.1, 0.15) is 6.10 Å². The molecule has 1 aliphatic carbocycles. The minimum absolute atomic E-state index is 0.306. The Bertz CT molecular complexity index is 383. The van der Waals surface area contributed by atoms with Gasteiger partial charge in [0.25, 0.3) is 0 Å². The van der Waals surface area contributed by atoms with E-state index in [4.69, 9.17) is 15.2 Å². The molecule has 1 aromatic carbocycles. The molecule has 2 rings (SSSR count). The van der Waals surface area contributed by atoms with Crippen molar-refractivity contribution in [2.75, 3.05) is 7.11 Å². The van der Waals surface area contributed by atoms with Crippen molar-refractivity contribution < 1.29 is 9.47 Å². The van der Waals surface area contributed by atoms with Crippen LogP contribution in [0.15, 0.2) is 18.2 Å². The van der Waals surface area contributed by atoms with Gasteiger partial charge in [0, 0.05) is 12.1 Å². The second-order valence-electron chi connectivity index (χ2n) is 5.26. The fourth-order valence-corrected chi connectivity index (χ4v) is 2.96. The van der Waals surface area contributed by atoms with Crippen molar-refractivity contribution in [3.8, 4) is 11.5 Å². The first kappa shape index (κ1) is 14.2. The average molecular weight is 263 g/mol. The number of nitrogens with two attached hydrogens (primary N) is 1. The molecule has 0 amide bonds. The lowest BCUT2D eigenvalue weighted by molar-refractivity contribution is 0.0863. The molecule has 19 heavy (non-hydrogen) atoms. The van der Waals surface area contributed by atoms with Crippen LogP contribution < -0.4 is 15.2 Å². The predicted octanol–water partition coefficient (Wildman–Crippen LogP) is 3.50. The first-order valence-electron chi connectivity index (χ1n) is 7.32. The smallest absolute Gasteiger partial charge is 0.166 e. The molecule has 0 heterocycles. The molecule has 2 unspecified atom stereocenters. The number of ether oxygens (including phenoxy) is 2. The summed E-state index contributed by atoms with van der Waals surface area (Å²) < 4.78 is 11.7. The van der Waals surface area contributed by atoms with Gasteiger partial charge < -0.3 is 15.2 Å². The van der Waals surface area contributed by atoms with E-state index in [0.717, 1.165) is 23.5 Å². The van der Waals surface area contributed by atoms with E-state index < -0.39 is 0 Å². The topological polar surface area (TPSA) is 44.5 Å². The van der Waals surface area contributed by atoms with Crippen LogP contribution in [0.3, 0.4) is 0 Å². The van der Waals surface area contributed by atoms with E-state index in [1.165, 1.54) is 25.7 Å². The molecule has 2 atom stereocenters. The molecule has 0 aliphatic heterocycles. The Morgan fingerprint density at radius 3 is 2.74 bits per heavy atom. The molecule has 1 saturated carbocycles. The van der Waals surface area contributed by atoms with Crippen molar-refractivity contribution >= 4 is 0 Å². The van der Waals surface area contributed by atoms with Crippen LogP contribution in [0.1, 0.15) is 44.6 Å². The minimum atomic E-state index is 0.306.